The second-order valence-corrected chi connectivity index (χ2v) is 5.40. The summed E-state index contributed by atoms with van der Waals surface area (Å²) in [7, 11) is 0. The number of benzene rings is 1. The molecule has 2 aromatic heterocycles. The van der Waals surface area contributed by atoms with Crippen LogP contribution in [0.15, 0.2) is 63.6 Å². The molecule has 128 valence electrons. The molecule has 0 aliphatic carbocycles. The molecule has 1 amide bonds. The summed E-state index contributed by atoms with van der Waals surface area (Å²) in [5.41, 5.74) is 0.626. The Bertz CT molecular complexity index is 846. The van der Waals surface area contributed by atoms with Crippen molar-refractivity contribution in [3.63, 3.8) is 0 Å². The van der Waals surface area contributed by atoms with Gasteiger partial charge >= 0.3 is 0 Å². The Kier molecular flexibility index (Phi) is 4.99. The molecule has 0 aliphatic heterocycles. The highest BCUT2D eigenvalue weighted by Crippen LogP contribution is 2.16. The molecule has 0 aliphatic rings. The number of hydrogen-bond donors (Lipinski definition) is 1. The van der Waals surface area contributed by atoms with E-state index in [0.717, 1.165) is 0 Å². The highest BCUT2D eigenvalue weighted by molar-refractivity contribution is 5.94. The fraction of sp³-hybridized carbons (Fsp3) is 0.158. The number of nitrogens with one attached hydrogen (secondary N) is 1. The Balaban J connectivity index is 1.52. The molecule has 3 aromatic rings. The van der Waals surface area contributed by atoms with Crippen molar-refractivity contribution in [1.82, 2.24) is 5.32 Å². The average molecular weight is 339 g/mol. The van der Waals surface area contributed by atoms with Gasteiger partial charge in [0.15, 0.2) is 11.5 Å². The maximum atomic E-state index is 12.0. The van der Waals surface area contributed by atoms with Crippen LogP contribution < -0.4 is 10.1 Å². The average Bonchev–Trinajstić information content (AvgIpc) is 3.30. The highest BCUT2D eigenvalue weighted by Gasteiger charge is 2.12. The van der Waals surface area contributed by atoms with E-state index in [9.17, 15) is 9.59 Å². The summed E-state index contributed by atoms with van der Waals surface area (Å²) in [5.74, 6) is 1.69. The Morgan fingerprint density at radius 3 is 2.52 bits per heavy atom. The van der Waals surface area contributed by atoms with Gasteiger partial charge < -0.3 is 18.9 Å². The first kappa shape index (κ1) is 16.6. The van der Waals surface area contributed by atoms with Gasteiger partial charge in [-0.05, 0) is 55.5 Å². The van der Waals surface area contributed by atoms with Crippen molar-refractivity contribution in [2.24, 2.45) is 0 Å². The van der Waals surface area contributed by atoms with Gasteiger partial charge in [0.2, 0.25) is 0 Å². The first-order chi connectivity index (χ1) is 12.1. The van der Waals surface area contributed by atoms with E-state index in [1.807, 2.05) is 0 Å². The highest BCUT2D eigenvalue weighted by atomic mass is 16.5. The summed E-state index contributed by atoms with van der Waals surface area (Å²) in [6.45, 7) is 1.99. The molecule has 0 fully saturated rings. The molecular weight excluding hydrogens is 322 g/mol. The molecule has 1 N–H and O–H groups in total. The number of rotatable bonds is 7. The van der Waals surface area contributed by atoms with E-state index in [0.29, 0.717) is 29.4 Å². The number of ketones is 1. The van der Waals surface area contributed by atoms with Crippen molar-refractivity contribution < 1.29 is 23.2 Å². The zero-order valence-corrected chi connectivity index (χ0v) is 13.7. The number of ether oxygens (including phenoxy) is 1. The number of carbonyl (C=O) groups is 2. The van der Waals surface area contributed by atoms with E-state index < -0.39 is 0 Å². The van der Waals surface area contributed by atoms with Gasteiger partial charge in [-0.2, -0.15) is 0 Å². The van der Waals surface area contributed by atoms with Gasteiger partial charge in [0, 0.05) is 5.56 Å². The molecule has 6 heteroatoms. The lowest BCUT2D eigenvalue weighted by molar-refractivity contribution is 0.0915. The molecule has 25 heavy (non-hydrogen) atoms. The Labute approximate surface area is 144 Å². The molecule has 2 heterocycles. The van der Waals surface area contributed by atoms with Gasteiger partial charge in [-0.3, -0.25) is 9.59 Å². The molecule has 0 spiro atoms. The molecule has 3 rings (SSSR count). The van der Waals surface area contributed by atoms with Crippen molar-refractivity contribution in [3.05, 3.63) is 77.6 Å². The monoisotopic (exact) mass is 339 g/mol. The van der Waals surface area contributed by atoms with E-state index in [2.05, 4.69) is 5.32 Å². The first-order valence-electron chi connectivity index (χ1n) is 7.75. The van der Waals surface area contributed by atoms with E-state index in [1.165, 1.54) is 6.92 Å². The van der Waals surface area contributed by atoms with Crippen LogP contribution in [0.4, 0.5) is 0 Å². The lowest BCUT2D eigenvalue weighted by Gasteiger charge is -2.05. The summed E-state index contributed by atoms with van der Waals surface area (Å²) >= 11 is 0. The zero-order valence-electron chi connectivity index (χ0n) is 13.7. The van der Waals surface area contributed by atoms with Crippen molar-refractivity contribution in [1.29, 1.82) is 0 Å². The summed E-state index contributed by atoms with van der Waals surface area (Å²) in [6, 6.07) is 13.7. The third kappa shape index (κ3) is 4.38. The fourth-order valence-electron chi connectivity index (χ4n) is 2.19. The molecule has 6 nitrogen and oxygen atoms in total. The largest absolute Gasteiger partial charge is 0.486 e. The third-order valence-electron chi connectivity index (χ3n) is 3.53. The van der Waals surface area contributed by atoms with Crippen LogP contribution in [-0.4, -0.2) is 11.7 Å². The number of furan rings is 2. The van der Waals surface area contributed by atoms with Gasteiger partial charge in [0.05, 0.1) is 12.8 Å². The standard InChI is InChI=1S/C19H17NO5/c1-13(21)14-4-6-15(7-5-14)24-12-17-8-9-18(25-17)19(22)20-11-16-3-2-10-23-16/h2-10H,11-12H2,1H3,(H,20,22). The van der Waals surface area contributed by atoms with Crippen molar-refractivity contribution in [3.8, 4) is 5.75 Å². The smallest absolute Gasteiger partial charge is 0.287 e. The lowest BCUT2D eigenvalue weighted by atomic mass is 10.1. The van der Waals surface area contributed by atoms with E-state index >= 15 is 0 Å². The van der Waals surface area contributed by atoms with Crippen LogP contribution >= 0.6 is 0 Å². The van der Waals surface area contributed by atoms with Crippen molar-refractivity contribution in [2.45, 2.75) is 20.1 Å². The van der Waals surface area contributed by atoms with Gasteiger partial charge in [0.25, 0.3) is 5.91 Å². The van der Waals surface area contributed by atoms with Crippen LogP contribution in [0.3, 0.4) is 0 Å². The number of amides is 1. The van der Waals surface area contributed by atoms with E-state index in [1.54, 1.807) is 54.8 Å². The SMILES string of the molecule is CC(=O)c1ccc(OCc2ccc(C(=O)NCc3ccco3)o2)cc1. The Morgan fingerprint density at radius 1 is 1.04 bits per heavy atom. The fourth-order valence-corrected chi connectivity index (χ4v) is 2.19. The summed E-state index contributed by atoms with van der Waals surface area (Å²) in [5, 5.41) is 2.71. The van der Waals surface area contributed by atoms with Crippen molar-refractivity contribution in [2.75, 3.05) is 0 Å². The second-order valence-electron chi connectivity index (χ2n) is 5.40. The van der Waals surface area contributed by atoms with Crippen LogP contribution in [0.2, 0.25) is 0 Å². The Hall–Kier alpha value is -3.28. The predicted octanol–water partition coefficient (Wildman–Crippen LogP) is 3.58. The van der Waals surface area contributed by atoms with E-state index in [-0.39, 0.29) is 24.1 Å². The topological polar surface area (TPSA) is 81.7 Å². The summed E-state index contributed by atoms with van der Waals surface area (Å²) < 4.78 is 16.2. The maximum absolute atomic E-state index is 12.0. The predicted molar refractivity (Wildman–Crippen MR) is 89.4 cm³/mol. The van der Waals surface area contributed by atoms with Gasteiger partial charge in [-0.25, -0.2) is 0 Å². The van der Waals surface area contributed by atoms with Crippen LogP contribution in [0.1, 0.15) is 39.4 Å². The Morgan fingerprint density at radius 2 is 1.84 bits per heavy atom. The molecule has 0 radical (unpaired) electrons. The van der Waals surface area contributed by atoms with Gasteiger partial charge in [0.1, 0.15) is 23.9 Å². The molecule has 0 atom stereocenters. The minimum atomic E-state index is -0.325. The summed E-state index contributed by atoms with van der Waals surface area (Å²) in [4.78, 5) is 23.2. The molecule has 0 unspecified atom stereocenters. The van der Waals surface area contributed by atoms with Gasteiger partial charge in [-0.15, -0.1) is 0 Å². The lowest BCUT2D eigenvalue weighted by Crippen LogP contribution is -2.21. The second kappa shape index (κ2) is 7.53. The van der Waals surface area contributed by atoms with Crippen LogP contribution in [0, 0.1) is 0 Å². The number of hydrogen-bond acceptors (Lipinski definition) is 5. The van der Waals surface area contributed by atoms with Gasteiger partial charge in [-0.1, -0.05) is 0 Å². The molecule has 0 saturated heterocycles. The van der Waals surface area contributed by atoms with Crippen LogP contribution in [0.25, 0.3) is 0 Å². The summed E-state index contributed by atoms with van der Waals surface area (Å²) in [6.07, 6.45) is 1.55. The number of Topliss-reactive ketones (excluding diaryl/α,β-unsaturated/α-hetero) is 1. The minimum absolute atomic E-state index is 0.00258. The number of carbonyl (C=O) groups excluding carboxylic acids is 2. The van der Waals surface area contributed by atoms with Crippen LogP contribution in [-0.2, 0) is 13.2 Å². The molecule has 0 saturated carbocycles. The third-order valence-corrected chi connectivity index (χ3v) is 3.53. The zero-order chi connectivity index (χ0) is 17.6. The molecular formula is C19H17NO5. The van der Waals surface area contributed by atoms with Crippen LogP contribution in [0.5, 0.6) is 5.75 Å². The van der Waals surface area contributed by atoms with E-state index in [4.69, 9.17) is 13.6 Å². The quantitative estimate of drug-likeness (QED) is 0.665. The molecule has 0 bridgehead atoms. The normalized spacial score (nSPS) is 10.4. The minimum Gasteiger partial charge on any atom is -0.486 e. The van der Waals surface area contributed by atoms with Crippen molar-refractivity contribution >= 4 is 11.7 Å². The molecule has 1 aromatic carbocycles. The first-order valence-corrected chi connectivity index (χ1v) is 7.75. The maximum Gasteiger partial charge on any atom is 0.287 e.